The van der Waals surface area contributed by atoms with Crippen LogP contribution >= 0.6 is 11.6 Å². The van der Waals surface area contributed by atoms with E-state index in [0.717, 1.165) is 0 Å². The van der Waals surface area contributed by atoms with Gasteiger partial charge in [0.2, 0.25) is 10.0 Å². The summed E-state index contributed by atoms with van der Waals surface area (Å²) in [5, 5.41) is 0.168. The van der Waals surface area contributed by atoms with Crippen molar-refractivity contribution in [1.82, 2.24) is 9.71 Å². The normalized spacial score (nSPS) is 21.2. The van der Waals surface area contributed by atoms with Crippen LogP contribution in [-0.2, 0) is 14.8 Å². The number of hydrogen-bond donors (Lipinski definition) is 1. The summed E-state index contributed by atoms with van der Waals surface area (Å²) in [4.78, 5) is 3.75. The predicted octanol–water partition coefficient (Wildman–Crippen LogP) is 0.802. The van der Waals surface area contributed by atoms with Crippen molar-refractivity contribution in [2.45, 2.75) is 17.4 Å². The number of ether oxygens (including phenoxy) is 1. The highest BCUT2D eigenvalue weighted by molar-refractivity contribution is 7.89. The highest BCUT2D eigenvalue weighted by atomic mass is 35.5. The van der Waals surface area contributed by atoms with E-state index < -0.39 is 10.0 Å². The minimum absolute atomic E-state index is 0.00330. The number of hydrogen-bond acceptors (Lipinski definition) is 4. The molecule has 2 heterocycles. The zero-order valence-corrected chi connectivity index (χ0v) is 9.96. The average Bonchev–Trinajstić information content (AvgIpc) is 2.70. The first-order valence-electron chi connectivity index (χ1n) is 4.79. The summed E-state index contributed by atoms with van der Waals surface area (Å²) >= 11 is 5.80. The van der Waals surface area contributed by atoms with E-state index in [1.54, 1.807) is 0 Å². The Labute approximate surface area is 98.8 Å². The molecule has 0 bridgehead atoms. The van der Waals surface area contributed by atoms with Gasteiger partial charge in [-0.1, -0.05) is 11.6 Å². The summed E-state index contributed by atoms with van der Waals surface area (Å²) in [6.45, 7) is 0.977. The molecule has 16 heavy (non-hydrogen) atoms. The fourth-order valence-corrected chi connectivity index (χ4v) is 3.16. The third-order valence-electron chi connectivity index (χ3n) is 2.28. The Morgan fingerprint density at radius 2 is 2.38 bits per heavy atom. The molecule has 0 radical (unpaired) electrons. The second kappa shape index (κ2) is 4.67. The monoisotopic (exact) mass is 262 g/mol. The number of rotatable bonds is 3. The van der Waals surface area contributed by atoms with E-state index >= 15 is 0 Å². The topological polar surface area (TPSA) is 68.3 Å². The van der Waals surface area contributed by atoms with Crippen molar-refractivity contribution in [3.63, 3.8) is 0 Å². The van der Waals surface area contributed by atoms with Gasteiger partial charge >= 0.3 is 0 Å². The van der Waals surface area contributed by atoms with Gasteiger partial charge in [-0.15, -0.1) is 0 Å². The molecule has 0 amide bonds. The summed E-state index contributed by atoms with van der Waals surface area (Å²) in [6, 6.07) is 1.27. The number of sulfonamides is 1. The molecule has 1 aliphatic heterocycles. The molecule has 1 N–H and O–H groups in total. The van der Waals surface area contributed by atoms with Gasteiger partial charge in [-0.05, 0) is 12.5 Å². The Morgan fingerprint density at radius 3 is 3.00 bits per heavy atom. The van der Waals surface area contributed by atoms with E-state index in [4.69, 9.17) is 16.3 Å². The van der Waals surface area contributed by atoms with E-state index in [0.29, 0.717) is 19.6 Å². The molecule has 1 fully saturated rings. The SMILES string of the molecule is O=S(=O)(NC1CCOC1)c1cnccc1Cl. The highest BCUT2D eigenvalue weighted by Gasteiger charge is 2.25. The van der Waals surface area contributed by atoms with Gasteiger partial charge in [0.25, 0.3) is 0 Å². The highest BCUT2D eigenvalue weighted by Crippen LogP contribution is 2.20. The first kappa shape index (κ1) is 11.8. The van der Waals surface area contributed by atoms with Crippen LogP contribution < -0.4 is 4.72 Å². The third-order valence-corrected chi connectivity index (χ3v) is 4.26. The lowest BCUT2D eigenvalue weighted by atomic mass is 10.3. The molecule has 1 aromatic heterocycles. The Kier molecular flexibility index (Phi) is 3.44. The van der Waals surface area contributed by atoms with Crippen LogP contribution in [0.15, 0.2) is 23.4 Å². The first-order chi connectivity index (χ1) is 7.59. The summed E-state index contributed by atoms with van der Waals surface area (Å²) in [5.41, 5.74) is 0. The summed E-state index contributed by atoms with van der Waals surface area (Å²) in [7, 11) is -3.60. The summed E-state index contributed by atoms with van der Waals surface area (Å²) in [5.74, 6) is 0. The number of aromatic nitrogens is 1. The molecule has 0 aliphatic carbocycles. The second-order valence-corrected chi connectivity index (χ2v) is 5.58. The maximum atomic E-state index is 11.9. The molecule has 1 saturated heterocycles. The number of nitrogens with zero attached hydrogens (tertiary/aromatic N) is 1. The van der Waals surface area contributed by atoms with Crippen molar-refractivity contribution in [1.29, 1.82) is 0 Å². The molecule has 1 aromatic rings. The Morgan fingerprint density at radius 1 is 1.56 bits per heavy atom. The summed E-state index contributed by atoms with van der Waals surface area (Å²) < 4.78 is 31.5. The van der Waals surface area contributed by atoms with Crippen molar-refractivity contribution in [3.8, 4) is 0 Å². The standard InChI is InChI=1S/C9H11ClN2O3S/c10-8-1-3-11-5-9(8)16(13,14)12-7-2-4-15-6-7/h1,3,5,7,12H,2,4,6H2. The fourth-order valence-electron chi connectivity index (χ4n) is 1.47. The molecule has 88 valence electrons. The van der Waals surface area contributed by atoms with Crippen LogP contribution in [0, 0.1) is 0 Å². The van der Waals surface area contributed by atoms with Gasteiger partial charge in [-0.3, -0.25) is 4.98 Å². The zero-order chi connectivity index (χ0) is 11.6. The lowest BCUT2D eigenvalue weighted by Gasteiger charge is -2.11. The quantitative estimate of drug-likeness (QED) is 0.875. The van der Waals surface area contributed by atoms with Crippen molar-refractivity contribution in [2.75, 3.05) is 13.2 Å². The van der Waals surface area contributed by atoms with Gasteiger partial charge in [0, 0.05) is 25.0 Å². The van der Waals surface area contributed by atoms with Crippen LogP contribution in [0.4, 0.5) is 0 Å². The van der Waals surface area contributed by atoms with Crippen LogP contribution in [-0.4, -0.2) is 32.7 Å². The number of halogens is 1. The van der Waals surface area contributed by atoms with Gasteiger partial charge in [-0.25, -0.2) is 13.1 Å². The average molecular weight is 263 g/mol. The van der Waals surface area contributed by atoms with E-state index in [2.05, 4.69) is 9.71 Å². The van der Waals surface area contributed by atoms with Gasteiger partial charge in [0.1, 0.15) is 4.90 Å². The third kappa shape index (κ3) is 2.52. The lowest BCUT2D eigenvalue weighted by molar-refractivity contribution is 0.192. The molecule has 2 rings (SSSR count). The van der Waals surface area contributed by atoms with E-state index in [9.17, 15) is 8.42 Å². The molecule has 1 atom stereocenters. The zero-order valence-electron chi connectivity index (χ0n) is 8.39. The van der Waals surface area contributed by atoms with Gasteiger partial charge < -0.3 is 4.74 Å². The van der Waals surface area contributed by atoms with Gasteiger partial charge in [-0.2, -0.15) is 0 Å². The molecule has 5 nitrogen and oxygen atoms in total. The van der Waals surface area contributed by atoms with E-state index in [-0.39, 0.29) is 16.0 Å². The molecule has 1 unspecified atom stereocenters. The lowest BCUT2D eigenvalue weighted by Crippen LogP contribution is -2.35. The molecular formula is C9H11ClN2O3S. The molecule has 7 heteroatoms. The maximum Gasteiger partial charge on any atom is 0.243 e. The Bertz CT molecular complexity index is 471. The molecule has 0 aromatic carbocycles. The van der Waals surface area contributed by atoms with Crippen LogP contribution in [0.3, 0.4) is 0 Å². The Hall–Kier alpha value is -0.690. The maximum absolute atomic E-state index is 11.9. The van der Waals surface area contributed by atoms with Crippen LogP contribution in [0.2, 0.25) is 5.02 Å². The van der Waals surface area contributed by atoms with E-state index in [1.807, 2.05) is 0 Å². The summed E-state index contributed by atoms with van der Waals surface area (Å²) in [6.07, 6.45) is 3.36. The largest absolute Gasteiger partial charge is 0.380 e. The van der Waals surface area contributed by atoms with Crippen LogP contribution in [0.5, 0.6) is 0 Å². The van der Waals surface area contributed by atoms with Gasteiger partial charge in [0.05, 0.1) is 11.6 Å². The van der Waals surface area contributed by atoms with Crippen LogP contribution in [0.1, 0.15) is 6.42 Å². The fraction of sp³-hybridized carbons (Fsp3) is 0.444. The van der Waals surface area contributed by atoms with E-state index in [1.165, 1.54) is 18.5 Å². The minimum atomic E-state index is -3.60. The van der Waals surface area contributed by atoms with Crippen molar-refractivity contribution < 1.29 is 13.2 Å². The first-order valence-corrected chi connectivity index (χ1v) is 6.65. The van der Waals surface area contributed by atoms with Crippen molar-refractivity contribution in [3.05, 3.63) is 23.5 Å². The van der Waals surface area contributed by atoms with Gasteiger partial charge in [0.15, 0.2) is 0 Å². The smallest absolute Gasteiger partial charge is 0.243 e. The van der Waals surface area contributed by atoms with Crippen LogP contribution in [0.25, 0.3) is 0 Å². The predicted molar refractivity (Wildman–Crippen MR) is 58.8 cm³/mol. The number of nitrogens with one attached hydrogen (secondary N) is 1. The molecular weight excluding hydrogens is 252 g/mol. The minimum Gasteiger partial charge on any atom is -0.380 e. The molecule has 0 spiro atoms. The molecule has 0 saturated carbocycles. The second-order valence-electron chi connectivity index (χ2n) is 3.49. The Balaban J connectivity index is 2.21. The molecule has 1 aliphatic rings. The van der Waals surface area contributed by atoms with Crippen molar-refractivity contribution >= 4 is 21.6 Å². The van der Waals surface area contributed by atoms with Crippen molar-refractivity contribution in [2.24, 2.45) is 0 Å². The number of pyridine rings is 1.